The third-order valence-electron chi connectivity index (χ3n) is 6.00. The van der Waals surface area contributed by atoms with E-state index in [0.717, 1.165) is 41.2 Å². The fraction of sp³-hybridized carbons (Fsp3) is 0.269. The van der Waals surface area contributed by atoms with Gasteiger partial charge in [-0.3, -0.25) is 4.79 Å². The Kier molecular flexibility index (Phi) is 5.83. The van der Waals surface area contributed by atoms with E-state index in [1.165, 1.54) is 5.56 Å². The summed E-state index contributed by atoms with van der Waals surface area (Å²) in [7, 11) is 0. The molecular weight excluding hydrogens is 392 g/mol. The van der Waals surface area contributed by atoms with Crippen LogP contribution in [0.25, 0.3) is 0 Å². The first kappa shape index (κ1) is 20.5. The van der Waals surface area contributed by atoms with Crippen molar-refractivity contribution >= 4 is 23.2 Å². The summed E-state index contributed by atoms with van der Waals surface area (Å²) in [6.07, 6.45) is 1.89. The third-order valence-corrected chi connectivity index (χ3v) is 6.35. The van der Waals surface area contributed by atoms with Gasteiger partial charge in [0.05, 0.1) is 6.04 Å². The Bertz CT molecular complexity index is 1020. The Morgan fingerprint density at radius 3 is 2.37 bits per heavy atom. The van der Waals surface area contributed by atoms with Gasteiger partial charge in [-0.05, 0) is 56.0 Å². The normalized spacial score (nSPS) is 18.1. The van der Waals surface area contributed by atoms with Gasteiger partial charge < -0.3 is 10.2 Å². The molecule has 0 spiro atoms. The molecule has 0 aliphatic carbocycles. The van der Waals surface area contributed by atoms with E-state index in [-0.39, 0.29) is 11.9 Å². The monoisotopic (exact) mass is 418 g/mol. The van der Waals surface area contributed by atoms with Crippen LogP contribution in [-0.2, 0) is 10.3 Å². The van der Waals surface area contributed by atoms with Crippen molar-refractivity contribution in [2.75, 3.05) is 11.9 Å². The van der Waals surface area contributed by atoms with E-state index in [0.29, 0.717) is 0 Å². The van der Waals surface area contributed by atoms with E-state index in [2.05, 4.69) is 24.4 Å². The number of likely N-dealkylation sites (tertiary alicyclic amines) is 1. The van der Waals surface area contributed by atoms with Crippen molar-refractivity contribution in [2.45, 2.75) is 38.3 Å². The van der Waals surface area contributed by atoms with E-state index >= 15 is 0 Å². The number of amides is 1. The number of halogens is 1. The van der Waals surface area contributed by atoms with Crippen LogP contribution in [-0.4, -0.2) is 17.4 Å². The van der Waals surface area contributed by atoms with Gasteiger partial charge in [0.15, 0.2) is 0 Å². The van der Waals surface area contributed by atoms with Gasteiger partial charge in [-0.25, -0.2) is 0 Å². The van der Waals surface area contributed by atoms with Crippen LogP contribution in [0.3, 0.4) is 0 Å². The number of hydrogen-bond acceptors (Lipinski definition) is 2. The molecule has 0 aromatic heterocycles. The van der Waals surface area contributed by atoms with Crippen molar-refractivity contribution < 1.29 is 4.79 Å². The highest BCUT2D eigenvalue weighted by molar-refractivity contribution is 6.31. The summed E-state index contributed by atoms with van der Waals surface area (Å²) in [5.74, 6) is 0.0672. The largest absolute Gasteiger partial charge is 0.368 e. The maximum Gasteiger partial charge on any atom is 0.253 e. The first-order valence-corrected chi connectivity index (χ1v) is 10.8. The van der Waals surface area contributed by atoms with E-state index in [1.54, 1.807) is 0 Å². The second-order valence-electron chi connectivity index (χ2n) is 8.16. The zero-order valence-corrected chi connectivity index (χ0v) is 18.2. The van der Waals surface area contributed by atoms with Crippen LogP contribution < -0.4 is 5.32 Å². The van der Waals surface area contributed by atoms with Crippen LogP contribution in [0.2, 0.25) is 5.02 Å². The molecule has 1 fully saturated rings. The summed E-state index contributed by atoms with van der Waals surface area (Å²) in [4.78, 5) is 16.1. The number of nitrogens with zero attached hydrogens (tertiary/aromatic N) is 1. The number of rotatable bonds is 5. The summed E-state index contributed by atoms with van der Waals surface area (Å²) >= 11 is 6.50. The SMILES string of the molecule is Cc1ccc(C(C)(Nc2ccccc2)C(=O)N2CCCC2c2ccccc2Cl)cc1. The first-order chi connectivity index (χ1) is 14.5. The Morgan fingerprint density at radius 1 is 1.00 bits per heavy atom. The maximum absolute atomic E-state index is 14.1. The van der Waals surface area contributed by atoms with E-state index in [4.69, 9.17) is 11.6 Å². The Morgan fingerprint density at radius 2 is 1.67 bits per heavy atom. The average molecular weight is 419 g/mol. The highest BCUT2D eigenvalue weighted by Crippen LogP contribution is 2.39. The minimum Gasteiger partial charge on any atom is -0.368 e. The number of hydrogen-bond donors (Lipinski definition) is 1. The molecule has 1 aliphatic heterocycles. The molecule has 3 aromatic carbocycles. The van der Waals surface area contributed by atoms with Crippen LogP contribution in [0.1, 0.15) is 42.5 Å². The van der Waals surface area contributed by atoms with Gasteiger partial charge in [-0.2, -0.15) is 0 Å². The number of para-hydroxylation sites is 1. The summed E-state index contributed by atoms with van der Waals surface area (Å²) < 4.78 is 0. The molecule has 1 aliphatic rings. The fourth-order valence-corrected chi connectivity index (χ4v) is 4.57. The van der Waals surface area contributed by atoms with Crippen molar-refractivity contribution in [3.05, 3.63) is 101 Å². The Hall–Kier alpha value is -2.78. The van der Waals surface area contributed by atoms with Crippen molar-refractivity contribution in [2.24, 2.45) is 0 Å². The van der Waals surface area contributed by atoms with E-state index in [1.807, 2.05) is 78.6 Å². The molecule has 1 amide bonds. The Balaban J connectivity index is 1.73. The molecule has 0 saturated carbocycles. The van der Waals surface area contributed by atoms with Crippen LogP contribution in [0.4, 0.5) is 5.69 Å². The molecule has 3 aromatic rings. The van der Waals surface area contributed by atoms with Crippen molar-refractivity contribution in [3.8, 4) is 0 Å². The fourth-order valence-electron chi connectivity index (χ4n) is 4.31. The molecule has 0 bridgehead atoms. The molecule has 2 atom stereocenters. The third kappa shape index (κ3) is 3.95. The van der Waals surface area contributed by atoms with Gasteiger partial charge in [-0.1, -0.05) is 77.8 Å². The van der Waals surface area contributed by atoms with Crippen molar-refractivity contribution in [3.63, 3.8) is 0 Å². The highest BCUT2D eigenvalue weighted by atomic mass is 35.5. The van der Waals surface area contributed by atoms with Crippen molar-refractivity contribution in [1.82, 2.24) is 4.90 Å². The van der Waals surface area contributed by atoms with E-state index < -0.39 is 5.54 Å². The summed E-state index contributed by atoms with van der Waals surface area (Å²) in [6.45, 7) is 4.77. The zero-order valence-electron chi connectivity index (χ0n) is 17.4. The quantitative estimate of drug-likeness (QED) is 0.524. The second-order valence-corrected chi connectivity index (χ2v) is 8.57. The van der Waals surface area contributed by atoms with Crippen LogP contribution in [0.5, 0.6) is 0 Å². The molecule has 1 saturated heterocycles. The van der Waals surface area contributed by atoms with Gasteiger partial charge in [0.25, 0.3) is 5.91 Å². The van der Waals surface area contributed by atoms with E-state index in [9.17, 15) is 4.79 Å². The minimum absolute atomic E-state index is 0.00598. The number of aryl methyl sites for hydroxylation is 1. The smallest absolute Gasteiger partial charge is 0.253 e. The molecule has 154 valence electrons. The lowest BCUT2D eigenvalue weighted by Crippen LogP contribution is -2.49. The lowest BCUT2D eigenvalue weighted by atomic mass is 9.88. The lowest BCUT2D eigenvalue weighted by molar-refractivity contribution is -0.136. The Labute approximate surface area is 183 Å². The van der Waals surface area contributed by atoms with Crippen LogP contribution >= 0.6 is 11.6 Å². The summed E-state index contributed by atoms with van der Waals surface area (Å²) in [6, 6.07) is 26.0. The predicted molar refractivity (Wildman–Crippen MR) is 124 cm³/mol. The summed E-state index contributed by atoms with van der Waals surface area (Å²) in [5.41, 5.74) is 3.17. The first-order valence-electron chi connectivity index (χ1n) is 10.4. The zero-order chi connectivity index (χ0) is 21.1. The summed E-state index contributed by atoms with van der Waals surface area (Å²) in [5, 5.41) is 4.25. The van der Waals surface area contributed by atoms with Crippen molar-refractivity contribution in [1.29, 1.82) is 0 Å². The maximum atomic E-state index is 14.1. The molecule has 0 radical (unpaired) electrons. The molecule has 4 rings (SSSR count). The standard InChI is InChI=1S/C26H27ClN2O/c1-19-14-16-20(17-15-19)26(2,28-21-9-4-3-5-10-21)25(30)29-18-8-13-24(29)22-11-6-7-12-23(22)27/h3-7,9-12,14-17,24,28H,8,13,18H2,1-2H3. The number of nitrogens with one attached hydrogen (secondary N) is 1. The van der Waals surface area contributed by atoms with Crippen LogP contribution in [0, 0.1) is 6.92 Å². The number of benzene rings is 3. The number of anilines is 1. The van der Waals surface area contributed by atoms with Gasteiger partial charge >= 0.3 is 0 Å². The van der Waals surface area contributed by atoms with Crippen LogP contribution in [0.15, 0.2) is 78.9 Å². The molecule has 2 unspecified atom stereocenters. The van der Waals surface area contributed by atoms with Gasteiger partial charge in [0.2, 0.25) is 0 Å². The molecule has 1 N–H and O–H groups in total. The molecule has 4 heteroatoms. The van der Waals surface area contributed by atoms with Gasteiger partial charge in [-0.15, -0.1) is 0 Å². The average Bonchev–Trinajstić information content (AvgIpc) is 3.24. The lowest BCUT2D eigenvalue weighted by Gasteiger charge is -2.37. The molecule has 1 heterocycles. The number of carbonyl (C=O) groups excluding carboxylic acids is 1. The topological polar surface area (TPSA) is 32.3 Å². The minimum atomic E-state index is -0.890. The second kappa shape index (κ2) is 8.53. The predicted octanol–water partition coefficient (Wildman–Crippen LogP) is 6.34. The molecule has 3 nitrogen and oxygen atoms in total. The molecule has 30 heavy (non-hydrogen) atoms. The number of carbonyl (C=O) groups is 1. The highest BCUT2D eigenvalue weighted by Gasteiger charge is 2.43. The molecular formula is C26H27ClN2O. The van der Waals surface area contributed by atoms with Gasteiger partial charge in [0, 0.05) is 17.3 Å². The van der Waals surface area contributed by atoms with Gasteiger partial charge in [0.1, 0.15) is 5.54 Å².